The van der Waals surface area contributed by atoms with Crippen molar-refractivity contribution in [3.8, 4) is 0 Å². The molecule has 1 aliphatic carbocycles. The van der Waals surface area contributed by atoms with Crippen LogP contribution in [0.2, 0.25) is 0 Å². The number of anilines is 1. The van der Waals surface area contributed by atoms with Crippen molar-refractivity contribution in [2.75, 3.05) is 11.9 Å². The topological polar surface area (TPSA) is 57.8 Å². The van der Waals surface area contributed by atoms with E-state index in [1.807, 2.05) is 0 Å². The van der Waals surface area contributed by atoms with Crippen molar-refractivity contribution in [2.24, 2.45) is 11.8 Å². The smallest absolute Gasteiger partial charge is 0.267 e. The average molecular weight is 258 g/mol. The van der Waals surface area contributed by atoms with E-state index in [2.05, 4.69) is 38.1 Å². The highest BCUT2D eigenvalue weighted by Gasteiger charge is 2.32. The minimum Gasteiger partial charge on any atom is -0.369 e. The van der Waals surface area contributed by atoms with E-state index in [0.29, 0.717) is 10.3 Å². The summed E-state index contributed by atoms with van der Waals surface area (Å²) in [5.41, 5.74) is -0.147. The van der Waals surface area contributed by atoms with Gasteiger partial charge in [0.15, 0.2) is 0 Å². The monoisotopic (exact) mass is 257 g/mol. The number of hydrogen-bond acceptors (Lipinski definition) is 3. The van der Waals surface area contributed by atoms with Crippen LogP contribution in [0.5, 0.6) is 0 Å². The second-order valence-corrected chi connectivity index (χ2v) is 4.54. The molecule has 1 saturated carbocycles. The number of hydrogen-bond donors (Lipinski definition) is 2. The van der Waals surface area contributed by atoms with E-state index in [9.17, 15) is 4.79 Å². The van der Waals surface area contributed by atoms with Crippen LogP contribution in [0.3, 0.4) is 0 Å². The Bertz CT molecular complexity index is 390. The normalized spacial score (nSPS) is 24.7. The fourth-order valence-electron chi connectivity index (χ4n) is 1.42. The summed E-state index contributed by atoms with van der Waals surface area (Å²) in [6, 6.07) is 0. The summed E-state index contributed by atoms with van der Waals surface area (Å²) in [7, 11) is 0. The summed E-state index contributed by atoms with van der Waals surface area (Å²) in [6.07, 6.45) is 2.68. The Balaban J connectivity index is 2.02. The summed E-state index contributed by atoms with van der Waals surface area (Å²) >= 11 is 3.20. The van der Waals surface area contributed by atoms with Crippen LogP contribution in [-0.2, 0) is 0 Å². The molecule has 1 aliphatic rings. The van der Waals surface area contributed by atoms with E-state index in [4.69, 9.17) is 0 Å². The van der Waals surface area contributed by atoms with Crippen molar-refractivity contribution in [1.82, 2.24) is 9.97 Å². The molecule has 0 radical (unpaired) electrons. The number of rotatable bonds is 3. The Hall–Kier alpha value is -0.840. The third kappa shape index (κ3) is 1.97. The molecule has 5 heteroatoms. The van der Waals surface area contributed by atoms with Crippen molar-refractivity contribution < 1.29 is 0 Å². The number of aromatic amines is 1. The minimum absolute atomic E-state index is 0.147. The largest absolute Gasteiger partial charge is 0.369 e. The maximum Gasteiger partial charge on any atom is 0.267 e. The molecule has 1 aromatic heterocycles. The first-order valence-corrected chi connectivity index (χ1v) is 5.45. The van der Waals surface area contributed by atoms with Crippen LogP contribution in [0.4, 0.5) is 5.82 Å². The zero-order chi connectivity index (χ0) is 10.1. The number of nitrogens with one attached hydrogen (secondary N) is 2. The van der Waals surface area contributed by atoms with Crippen molar-refractivity contribution in [3.63, 3.8) is 0 Å². The summed E-state index contributed by atoms with van der Waals surface area (Å²) in [5.74, 6) is 2.18. The van der Waals surface area contributed by atoms with Crippen molar-refractivity contribution in [3.05, 3.63) is 21.2 Å². The SMILES string of the molecule is CC1CC1CNc1nc[nH]c(=O)c1Br. The van der Waals surface area contributed by atoms with Crippen molar-refractivity contribution in [2.45, 2.75) is 13.3 Å². The Labute approximate surface area is 90.3 Å². The molecule has 1 aromatic rings. The summed E-state index contributed by atoms with van der Waals surface area (Å²) in [5, 5.41) is 3.17. The Kier molecular flexibility index (Phi) is 2.58. The minimum atomic E-state index is -0.147. The van der Waals surface area contributed by atoms with Crippen LogP contribution < -0.4 is 10.9 Å². The first-order valence-electron chi connectivity index (χ1n) is 4.65. The van der Waals surface area contributed by atoms with E-state index in [-0.39, 0.29) is 5.56 Å². The second kappa shape index (κ2) is 3.73. The lowest BCUT2D eigenvalue weighted by Gasteiger charge is -2.04. The Morgan fingerprint density at radius 2 is 2.50 bits per heavy atom. The van der Waals surface area contributed by atoms with Gasteiger partial charge < -0.3 is 10.3 Å². The quantitative estimate of drug-likeness (QED) is 0.865. The standard InChI is InChI=1S/C9H12BrN3O/c1-5-2-6(5)3-11-8-7(10)9(14)13-4-12-8/h4-6H,2-3H2,1H3,(H2,11,12,13,14). The molecule has 2 unspecified atom stereocenters. The maximum absolute atomic E-state index is 11.2. The van der Waals surface area contributed by atoms with Crippen LogP contribution in [0.1, 0.15) is 13.3 Å². The fourth-order valence-corrected chi connectivity index (χ4v) is 1.77. The molecule has 0 aliphatic heterocycles. The van der Waals surface area contributed by atoms with Gasteiger partial charge in [0, 0.05) is 6.54 Å². The van der Waals surface area contributed by atoms with Gasteiger partial charge in [-0.15, -0.1) is 0 Å². The summed E-state index contributed by atoms with van der Waals surface area (Å²) in [4.78, 5) is 17.7. The molecule has 0 amide bonds. The molecule has 2 rings (SSSR count). The molecule has 0 aromatic carbocycles. The van der Waals surface area contributed by atoms with Gasteiger partial charge in [0.05, 0.1) is 6.33 Å². The fraction of sp³-hybridized carbons (Fsp3) is 0.556. The molecule has 14 heavy (non-hydrogen) atoms. The highest BCUT2D eigenvalue weighted by molar-refractivity contribution is 9.10. The molecular formula is C9H12BrN3O. The molecule has 0 bridgehead atoms. The van der Waals surface area contributed by atoms with E-state index in [1.165, 1.54) is 12.7 Å². The lowest BCUT2D eigenvalue weighted by atomic mass is 10.3. The van der Waals surface area contributed by atoms with Gasteiger partial charge in [0.1, 0.15) is 10.3 Å². The average Bonchev–Trinajstić information content (AvgIpc) is 2.85. The van der Waals surface area contributed by atoms with Gasteiger partial charge in [-0.05, 0) is 34.2 Å². The molecule has 0 spiro atoms. The van der Waals surface area contributed by atoms with Gasteiger partial charge in [-0.25, -0.2) is 4.98 Å². The van der Waals surface area contributed by atoms with Gasteiger partial charge in [-0.3, -0.25) is 4.79 Å². The lowest BCUT2D eigenvalue weighted by Crippen LogP contribution is -2.13. The van der Waals surface area contributed by atoms with E-state index < -0.39 is 0 Å². The number of aromatic nitrogens is 2. The van der Waals surface area contributed by atoms with Gasteiger partial charge in [-0.2, -0.15) is 0 Å². The molecule has 1 heterocycles. The highest BCUT2D eigenvalue weighted by Crippen LogP contribution is 2.37. The molecule has 4 nitrogen and oxygen atoms in total. The Morgan fingerprint density at radius 3 is 3.14 bits per heavy atom. The number of H-pyrrole nitrogens is 1. The predicted octanol–water partition coefficient (Wildman–Crippen LogP) is 1.60. The molecule has 0 saturated heterocycles. The van der Waals surface area contributed by atoms with Gasteiger partial charge in [0.2, 0.25) is 0 Å². The first kappa shape index (κ1) is 9.71. The molecule has 1 fully saturated rings. The van der Waals surface area contributed by atoms with Crippen LogP contribution in [0.15, 0.2) is 15.6 Å². The summed E-state index contributed by atoms with van der Waals surface area (Å²) in [6.45, 7) is 3.13. The third-order valence-electron chi connectivity index (χ3n) is 2.60. The summed E-state index contributed by atoms with van der Waals surface area (Å²) < 4.78 is 0.480. The second-order valence-electron chi connectivity index (χ2n) is 3.75. The predicted molar refractivity (Wildman–Crippen MR) is 58.3 cm³/mol. The number of nitrogens with zero attached hydrogens (tertiary/aromatic N) is 1. The maximum atomic E-state index is 11.2. The van der Waals surface area contributed by atoms with Gasteiger partial charge >= 0.3 is 0 Å². The Morgan fingerprint density at radius 1 is 1.79 bits per heavy atom. The van der Waals surface area contributed by atoms with E-state index in [0.717, 1.165) is 18.4 Å². The van der Waals surface area contributed by atoms with Crippen molar-refractivity contribution in [1.29, 1.82) is 0 Å². The van der Waals surface area contributed by atoms with Gasteiger partial charge in [-0.1, -0.05) is 6.92 Å². The van der Waals surface area contributed by atoms with Crippen LogP contribution in [-0.4, -0.2) is 16.5 Å². The van der Waals surface area contributed by atoms with Gasteiger partial charge in [0.25, 0.3) is 5.56 Å². The molecular weight excluding hydrogens is 246 g/mol. The molecule has 2 atom stereocenters. The molecule has 2 N–H and O–H groups in total. The highest BCUT2D eigenvalue weighted by atomic mass is 79.9. The van der Waals surface area contributed by atoms with Crippen LogP contribution in [0, 0.1) is 11.8 Å². The van der Waals surface area contributed by atoms with E-state index >= 15 is 0 Å². The number of halogens is 1. The van der Waals surface area contributed by atoms with Crippen LogP contribution in [0.25, 0.3) is 0 Å². The van der Waals surface area contributed by atoms with Crippen LogP contribution >= 0.6 is 15.9 Å². The zero-order valence-electron chi connectivity index (χ0n) is 7.88. The molecule has 76 valence electrons. The lowest BCUT2D eigenvalue weighted by molar-refractivity contribution is 0.783. The zero-order valence-corrected chi connectivity index (χ0v) is 9.47. The third-order valence-corrected chi connectivity index (χ3v) is 3.34. The van der Waals surface area contributed by atoms with E-state index in [1.54, 1.807) is 0 Å². The first-order chi connectivity index (χ1) is 6.68. The van der Waals surface area contributed by atoms with Crippen molar-refractivity contribution >= 4 is 21.7 Å².